The zero-order valence-electron chi connectivity index (χ0n) is 33.2. The van der Waals surface area contributed by atoms with Crippen LogP contribution in [0.25, 0.3) is 97.8 Å². The van der Waals surface area contributed by atoms with Crippen LogP contribution in [0.15, 0.2) is 205 Å². The van der Waals surface area contributed by atoms with E-state index in [0.29, 0.717) is 0 Å². The first kappa shape index (κ1) is 34.3. The summed E-state index contributed by atoms with van der Waals surface area (Å²) in [6.45, 7) is 0. The van der Waals surface area contributed by atoms with Crippen molar-refractivity contribution in [3.63, 3.8) is 0 Å². The third-order valence-corrected chi connectivity index (χ3v) is 13.9. The minimum absolute atomic E-state index is 0.884. The number of allylic oxidation sites excluding steroid dienone is 2. The lowest BCUT2D eigenvalue weighted by atomic mass is 10.00. The molecule has 0 amide bonds. The van der Waals surface area contributed by atoms with Crippen LogP contribution in [-0.4, -0.2) is 14.8 Å². The molecule has 0 radical (unpaired) electrons. The predicted molar refractivity (Wildman–Crippen MR) is 261 cm³/mol. The van der Waals surface area contributed by atoms with Crippen molar-refractivity contribution in [3.05, 3.63) is 211 Å². The molecule has 0 fully saturated rings. The van der Waals surface area contributed by atoms with Crippen LogP contribution >= 0.6 is 11.3 Å². The predicted octanol–water partition coefficient (Wildman–Crippen LogP) is 15.7. The summed E-state index contributed by atoms with van der Waals surface area (Å²) in [6.07, 6.45) is 4.26. The van der Waals surface area contributed by atoms with E-state index in [4.69, 9.17) is 4.99 Å². The van der Waals surface area contributed by atoms with Gasteiger partial charge in [-0.1, -0.05) is 146 Å². The van der Waals surface area contributed by atoms with Gasteiger partial charge < -0.3 is 9.13 Å². The molecule has 12 aromatic rings. The van der Waals surface area contributed by atoms with Crippen molar-refractivity contribution in [3.8, 4) is 16.8 Å². The number of hydrogen-bond donors (Lipinski definition) is 0. The topological polar surface area (TPSA) is 22.2 Å². The molecule has 0 unspecified atom stereocenters. The zero-order valence-corrected chi connectivity index (χ0v) is 34.0. The van der Waals surface area contributed by atoms with Gasteiger partial charge in [-0.2, -0.15) is 0 Å². The van der Waals surface area contributed by atoms with E-state index in [0.717, 1.165) is 46.7 Å². The molecule has 4 heterocycles. The Morgan fingerprint density at radius 3 is 1.70 bits per heavy atom. The Balaban J connectivity index is 1.12. The lowest BCUT2D eigenvalue weighted by Gasteiger charge is -2.19. The third-order valence-electron chi connectivity index (χ3n) is 12.7. The number of aliphatic imine (C=N–C) groups is 1. The maximum atomic E-state index is 5.93. The van der Waals surface area contributed by atoms with E-state index in [-0.39, 0.29) is 0 Å². The van der Waals surface area contributed by atoms with Crippen molar-refractivity contribution in [1.82, 2.24) is 9.13 Å². The van der Waals surface area contributed by atoms with Gasteiger partial charge in [0.2, 0.25) is 0 Å². The smallest absolute Gasteiger partial charge is 0.0947 e. The summed E-state index contributed by atoms with van der Waals surface area (Å²) >= 11 is 1.89. The van der Waals surface area contributed by atoms with Gasteiger partial charge in [-0.3, -0.25) is 0 Å². The van der Waals surface area contributed by atoms with Crippen LogP contribution in [0.1, 0.15) is 16.9 Å². The fraction of sp³-hybridized carbons (Fsp3) is 0.0351. The highest BCUT2D eigenvalue weighted by atomic mass is 32.1. The second kappa shape index (κ2) is 13.5. The summed E-state index contributed by atoms with van der Waals surface area (Å²) in [6, 6.07) is 71.2. The molecule has 3 aromatic heterocycles. The van der Waals surface area contributed by atoms with Crippen LogP contribution in [0, 0.1) is 0 Å². The van der Waals surface area contributed by atoms with Gasteiger partial charge in [0, 0.05) is 47.8 Å². The van der Waals surface area contributed by atoms with E-state index in [1.807, 2.05) is 11.3 Å². The average molecular weight is 796 g/mol. The summed E-state index contributed by atoms with van der Waals surface area (Å²) in [5, 5.41) is 11.1. The van der Waals surface area contributed by atoms with E-state index in [9.17, 15) is 0 Å². The van der Waals surface area contributed by atoms with E-state index in [1.54, 1.807) is 0 Å². The monoisotopic (exact) mass is 795 g/mol. The normalized spacial score (nSPS) is 13.3. The van der Waals surface area contributed by atoms with Crippen molar-refractivity contribution in [1.29, 1.82) is 0 Å². The SMILES string of the molecule is C1=C(n2c3cc4ccccc4cc3c3cc4ccccc4cc32)C(c2ccc3c4ccccc4n(-c4ccccc4)c3c2)=Nc2c(sc3cc(-c4ccccc4)ccc23)CC1. The highest BCUT2D eigenvalue weighted by Gasteiger charge is 2.25. The number of aryl methyl sites for hydroxylation is 1. The van der Waals surface area contributed by atoms with Crippen LogP contribution in [0.5, 0.6) is 0 Å². The Morgan fingerprint density at radius 1 is 0.410 bits per heavy atom. The first-order valence-electron chi connectivity index (χ1n) is 21.1. The van der Waals surface area contributed by atoms with Crippen molar-refractivity contribution < 1.29 is 0 Å². The summed E-state index contributed by atoms with van der Waals surface area (Å²) < 4.78 is 6.20. The molecule has 0 aliphatic carbocycles. The summed E-state index contributed by atoms with van der Waals surface area (Å²) in [4.78, 5) is 7.25. The molecule has 4 heteroatoms. The van der Waals surface area contributed by atoms with Gasteiger partial charge in [0.1, 0.15) is 0 Å². The Bertz CT molecular complexity index is 3710. The Morgan fingerprint density at radius 2 is 0.984 bits per heavy atom. The molecule has 13 rings (SSSR count). The van der Waals surface area contributed by atoms with Crippen LogP contribution in [-0.2, 0) is 6.42 Å². The van der Waals surface area contributed by atoms with Gasteiger partial charge in [-0.25, -0.2) is 4.99 Å². The van der Waals surface area contributed by atoms with Crippen molar-refractivity contribution in [2.45, 2.75) is 12.8 Å². The molecule has 0 N–H and O–H groups in total. The molecule has 0 spiro atoms. The maximum Gasteiger partial charge on any atom is 0.0947 e. The number of para-hydroxylation sites is 2. The van der Waals surface area contributed by atoms with Gasteiger partial charge in [-0.15, -0.1) is 11.3 Å². The van der Waals surface area contributed by atoms with E-state index < -0.39 is 0 Å². The van der Waals surface area contributed by atoms with Gasteiger partial charge in [0.25, 0.3) is 0 Å². The van der Waals surface area contributed by atoms with Crippen LogP contribution < -0.4 is 0 Å². The van der Waals surface area contributed by atoms with E-state index >= 15 is 0 Å². The second-order valence-corrected chi connectivity index (χ2v) is 17.4. The summed E-state index contributed by atoms with van der Waals surface area (Å²) in [5.74, 6) is 0. The Hall–Kier alpha value is -7.53. The molecule has 1 aliphatic rings. The van der Waals surface area contributed by atoms with Crippen molar-refractivity contribution >= 4 is 104 Å². The van der Waals surface area contributed by atoms with Gasteiger partial charge in [0.15, 0.2) is 0 Å². The molecular weight excluding hydrogens is 759 g/mol. The van der Waals surface area contributed by atoms with Crippen molar-refractivity contribution in [2.24, 2.45) is 4.99 Å². The lowest BCUT2D eigenvalue weighted by Crippen LogP contribution is -2.12. The highest BCUT2D eigenvalue weighted by molar-refractivity contribution is 7.19. The number of aromatic nitrogens is 2. The highest BCUT2D eigenvalue weighted by Crippen LogP contribution is 2.45. The molecule has 286 valence electrons. The largest absolute Gasteiger partial charge is 0.309 e. The Kier molecular flexibility index (Phi) is 7.60. The summed E-state index contributed by atoms with van der Waals surface area (Å²) in [7, 11) is 0. The number of rotatable bonds is 4. The molecule has 0 atom stereocenters. The molecule has 0 saturated carbocycles. The first-order valence-corrected chi connectivity index (χ1v) is 21.9. The van der Waals surface area contributed by atoms with Gasteiger partial charge >= 0.3 is 0 Å². The summed E-state index contributed by atoms with van der Waals surface area (Å²) in [5.41, 5.74) is 12.6. The minimum atomic E-state index is 0.884. The third kappa shape index (κ3) is 5.39. The van der Waals surface area contributed by atoms with Crippen LogP contribution in [0.2, 0.25) is 0 Å². The second-order valence-electron chi connectivity index (χ2n) is 16.2. The number of fused-ring (bicyclic) bond motifs is 11. The molecule has 0 bridgehead atoms. The number of nitrogens with zero attached hydrogens (tertiary/aromatic N) is 3. The van der Waals surface area contributed by atoms with Crippen molar-refractivity contribution in [2.75, 3.05) is 0 Å². The molecule has 9 aromatic carbocycles. The minimum Gasteiger partial charge on any atom is -0.309 e. The standard InChI is InChI=1S/C57H37N3S/c1-3-14-36(15-4-1)41-26-29-46-55(35-41)61-54-25-13-24-50(60-52-32-39-18-9-7-16-37(39)30-47(52)48-31-38-17-8-10-19-40(38)33-53(48)60)56(58-57(46)54)42-27-28-45-44-22-11-12-23-49(44)59(51(45)34-42)43-20-5-2-6-21-43/h1-12,14-24,26-35H,13,25H2. The van der Waals surface area contributed by atoms with Crippen LogP contribution in [0.4, 0.5) is 5.69 Å². The van der Waals surface area contributed by atoms with Gasteiger partial charge in [0.05, 0.1) is 39.2 Å². The molecular formula is C57H37N3S. The molecule has 61 heavy (non-hydrogen) atoms. The fourth-order valence-corrected chi connectivity index (χ4v) is 11.1. The lowest BCUT2D eigenvalue weighted by molar-refractivity contribution is 1.02. The number of benzene rings is 9. The molecule has 0 saturated heterocycles. The number of hydrogen-bond acceptors (Lipinski definition) is 2. The zero-order chi connectivity index (χ0) is 40.0. The quantitative estimate of drug-likeness (QED) is 0.169. The van der Waals surface area contributed by atoms with Crippen LogP contribution in [0.3, 0.4) is 0 Å². The van der Waals surface area contributed by atoms with Gasteiger partial charge in [-0.05, 0) is 100 Å². The maximum absolute atomic E-state index is 5.93. The molecule has 1 aliphatic heterocycles. The number of thiophene rings is 1. The van der Waals surface area contributed by atoms with E-state index in [2.05, 4.69) is 209 Å². The molecule has 3 nitrogen and oxygen atoms in total. The average Bonchev–Trinajstić information content (AvgIpc) is 3.93. The fourth-order valence-electron chi connectivity index (χ4n) is 9.87. The Labute approximate surface area is 356 Å². The van der Waals surface area contributed by atoms with E-state index in [1.165, 1.54) is 85.7 Å². The first-order chi connectivity index (χ1) is 30.2.